The first-order valence-electron chi connectivity index (χ1n) is 12.0. The number of nitrogens with one attached hydrogen (secondary N) is 2. The number of hydrogen-bond acceptors (Lipinski definition) is 3. The predicted molar refractivity (Wildman–Crippen MR) is 145 cm³/mol. The van der Waals surface area contributed by atoms with Gasteiger partial charge in [-0.3, -0.25) is 9.59 Å². The van der Waals surface area contributed by atoms with E-state index in [1.807, 2.05) is 55.5 Å². The van der Waals surface area contributed by atoms with Crippen LogP contribution in [0.4, 0.5) is 0 Å². The fourth-order valence-corrected chi connectivity index (χ4v) is 4.49. The van der Waals surface area contributed by atoms with Crippen molar-refractivity contribution in [3.63, 3.8) is 0 Å². The highest BCUT2D eigenvalue weighted by Gasteiger charge is 2.20. The van der Waals surface area contributed by atoms with Crippen molar-refractivity contribution in [3.05, 3.63) is 124 Å². The number of carboxylic acids is 1. The third-order valence-corrected chi connectivity index (χ3v) is 6.25. The van der Waals surface area contributed by atoms with Crippen molar-refractivity contribution in [2.45, 2.75) is 26.8 Å². The summed E-state index contributed by atoms with van der Waals surface area (Å²) in [6.07, 6.45) is 1.40. The van der Waals surface area contributed by atoms with Crippen LogP contribution in [-0.4, -0.2) is 22.9 Å². The molecule has 0 heterocycles. The van der Waals surface area contributed by atoms with Crippen molar-refractivity contribution in [1.29, 1.82) is 0 Å². The minimum atomic E-state index is -1.24. The SMILES string of the molecule is Cc1cc(C(=O)N[C@H](C)c2cccc3ccccc23)cc(C)c1C(=O)NC(=Cc1ccccc1)C(=O)O. The molecule has 0 aromatic heterocycles. The Labute approximate surface area is 215 Å². The first kappa shape index (κ1) is 25.4. The maximum atomic E-state index is 13.1. The van der Waals surface area contributed by atoms with Gasteiger partial charge in [0.2, 0.25) is 0 Å². The maximum absolute atomic E-state index is 13.1. The Hall–Kier alpha value is -4.71. The summed E-state index contributed by atoms with van der Waals surface area (Å²) in [5, 5.41) is 17.3. The van der Waals surface area contributed by atoms with Crippen LogP contribution in [0.5, 0.6) is 0 Å². The highest BCUT2D eigenvalue weighted by Crippen LogP contribution is 2.25. The van der Waals surface area contributed by atoms with Crippen LogP contribution in [0, 0.1) is 13.8 Å². The molecule has 3 N–H and O–H groups in total. The van der Waals surface area contributed by atoms with E-state index in [4.69, 9.17) is 0 Å². The molecule has 0 fully saturated rings. The third-order valence-electron chi connectivity index (χ3n) is 6.25. The van der Waals surface area contributed by atoms with Gasteiger partial charge in [0.05, 0.1) is 6.04 Å². The van der Waals surface area contributed by atoms with Crippen molar-refractivity contribution in [1.82, 2.24) is 10.6 Å². The van der Waals surface area contributed by atoms with Gasteiger partial charge in [0.25, 0.3) is 11.8 Å². The van der Waals surface area contributed by atoms with Crippen molar-refractivity contribution >= 4 is 34.6 Å². The van der Waals surface area contributed by atoms with Crippen LogP contribution < -0.4 is 10.6 Å². The zero-order valence-electron chi connectivity index (χ0n) is 20.9. The summed E-state index contributed by atoms with van der Waals surface area (Å²) in [5.41, 5.74) is 3.34. The Balaban J connectivity index is 1.54. The predicted octanol–water partition coefficient (Wildman–Crippen LogP) is 5.80. The summed E-state index contributed by atoms with van der Waals surface area (Å²) < 4.78 is 0. The van der Waals surface area contributed by atoms with Crippen molar-refractivity contribution in [3.8, 4) is 0 Å². The molecule has 0 radical (unpaired) electrons. The van der Waals surface area contributed by atoms with Gasteiger partial charge in [-0.2, -0.15) is 0 Å². The van der Waals surface area contributed by atoms with Crippen LogP contribution in [0.1, 0.15) is 55.9 Å². The van der Waals surface area contributed by atoms with Gasteiger partial charge in [-0.1, -0.05) is 72.8 Å². The summed E-state index contributed by atoms with van der Waals surface area (Å²) in [7, 11) is 0. The van der Waals surface area contributed by atoms with Gasteiger partial charge in [-0.25, -0.2) is 4.79 Å². The minimum Gasteiger partial charge on any atom is -0.477 e. The summed E-state index contributed by atoms with van der Waals surface area (Å²) >= 11 is 0. The normalized spacial score (nSPS) is 12.1. The van der Waals surface area contributed by atoms with Crippen LogP contribution >= 0.6 is 0 Å². The summed E-state index contributed by atoms with van der Waals surface area (Å²) in [6, 6.07) is 26.0. The molecule has 4 aromatic rings. The number of fused-ring (bicyclic) bond motifs is 1. The van der Waals surface area contributed by atoms with E-state index < -0.39 is 11.9 Å². The van der Waals surface area contributed by atoms with Crippen LogP contribution in [0.25, 0.3) is 16.8 Å². The van der Waals surface area contributed by atoms with E-state index in [9.17, 15) is 19.5 Å². The van der Waals surface area contributed by atoms with E-state index in [-0.39, 0.29) is 17.6 Å². The Morgan fingerprint density at radius 3 is 2.11 bits per heavy atom. The number of aryl methyl sites for hydroxylation is 2. The molecule has 4 rings (SSSR count). The first-order valence-corrected chi connectivity index (χ1v) is 12.0. The zero-order valence-corrected chi connectivity index (χ0v) is 20.9. The highest BCUT2D eigenvalue weighted by molar-refractivity contribution is 6.05. The molecule has 0 unspecified atom stereocenters. The Morgan fingerprint density at radius 1 is 0.811 bits per heavy atom. The number of carbonyl (C=O) groups is 3. The lowest BCUT2D eigenvalue weighted by atomic mass is 9.97. The van der Waals surface area contributed by atoms with Gasteiger partial charge in [0.15, 0.2) is 0 Å². The molecule has 186 valence electrons. The topological polar surface area (TPSA) is 95.5 Å². The fraction of sp³-hybridized carbons (Fsp3) is 0.129. The highest BCUT2D eigenvalue weighted by atomic mass is 16.4. The number of hydrogen-bond donors (Lipinski definition) is 3. The van der Waals surface area contributed by atoms with E-state index >= 15 is 0 Å². The average molecular weight is 493 g/mol. The minimum absolute atomic E-state index is 0.233. The number of carboxylic acid groups (broad SMARTS) is 1. The summed E-state index contributed by atoms with van der Waals surface area (Å²) in [5.74, 6) is -2.05. The maximum Gasteiger partial charge on any atom is 0.352 e. The number of rotatable bonds is 7. The van der Waals surface area contributed by atoms with Crippen molar-refractivity contribution < 1.29 is 19.5 Å². The van der Waals surface area contributed by atoms with Crippen LogP contribution in [0.15, 0.2) is 90.6 Å². The molecule has 2 amide bonds. The molecule has 37 heavy (non-hydrogen) atoms. The molecule has 0 bridgehead atoms. The molecule has 0 aliphatic heterocycles. The molecule has 0 saturated heterocycles. The quantitative estimate of drug-likeness (QED) is 0.284. The number of amides is 2. The van der Waals surface area contributed by atoms with Gasteiger partial charge < -0.3 is 15.7 Å². The summed E-state index contributed by atoms with van der Waals surface area (Å²) in [6.45, 7) is 5.40. The lowest BCUT2D eigenvalue weighted by Gasteiger charge is -2.18. The number of aliphatic carboxylic acids is 1. The van der Waals surface area contributed by atoms with Crippen LogP contribution in [0.2, 0.25) is 0 Å². The molecular formula is C31H28N2O4. The van der Waals surface area contributed by atoms with E-state index in [0.29, 0.717) is 27.8 Å². The van der Waals surface area contributed by atoms with Crippen LogP contribution in [-0.2, 0) is 4.79 Å². The second-order valence-corrected chi connectivity index (χ2v) is 8.98. The van der Waals surface area contributed by atoms with E-state index in [1.165, 1.54) is 6.08 Å². The van der Waals surface area contributed by atoms with Gasteiger partial charge in [0, 0.05) is 11.1 Å². The molecule has 4 aromatic carbocycles. The number of benzene rings is 4. The molecule has 0 spiro atoms. The first-order chi connectivity index (χ1) is 17.7. The van der Waals surface area contributed by atoms with E-state index in [2.05, 4.69) is 10.6 Å². The largest absolute Gasteiger partial charge is 0.477 e. The number of carbonyl (C=O) groups excluding carboxylic acids is 2. The lowest BCUT2D eigenvalue weighted by molar-refractivity contribution is -0.132. The van der Waals surface area contributed by atoms with Gasteiger partial charge in [-0.15, -0.1) is 0 Å². The van der Waals surface area contributed by atoms with Gasteiger partial charge in [-0.05, 0) is 72.0 Å². The van der Waals surface area contributed by atoms with Gasteiger partial charge in [0.1, 0.15) is 5.70 Å². The molecule has 6 nitrogen and oxygen atoms in total. The molecule has 1 atom stereocenters. The fourth-order valence-electron chi connectivity index (χ4n) is 4.49. The zero-order chi connectivity index (χ0) is 26.5. The van der Waals surface area contributed by atoms with Crippen LogP contribution in [0.3, 0.4) is 0 Å². The third kappa shape index (κ3) is 5.76. The van der Waals surface area contributed by atoms with Crippen molar-refractivity contribution in [2.75, 3.05) is 0 Å². The molecule has 0 aliphatic carbocycles. The Morgan fingerprint density at radius 2 is 1.43 bits per heavy atom. The van der Waals surface area contributed by atoms with Gasteiger partial charge >= 0.3 is 5.97 Å². The average Bonchev–Trinajstić information content (AvgIpc) is 2.88. The van der Waals surface area contributed by atoms with E-state index in [1.54, 1.807) is 50.2 Å². The summed E-state index contributed by atoms with van der Waals surface area (Å²) in [4.78, 5) is 37.9. The lowest BCUT2D eigenvalue weighted by Crippen LogP contribution is -2.29. The smallest absolute Gasteiger partial charge is 0.352 e. The Bertz CT molecular complexity index is 1490. The molecule has 0 aliphatic rings. The monoisotopic (exact) mass is 492 g/mol. The standard InChI is InChI=1S/C31H28N2O4/c1-19-16-24(29(34)32-21(3)25-15-9-13-23-12-7-8-14-26(23)25)17-20(2)28(19)30(35)33-27(31(36)37)18-22-10-5-4-6-11-22/h4-18,21H,1-3H3,(H,32,34)(H,33,35)(H,36,37)/t21-/m1/s1. The second-order valence-electron chi connectivity index (χ2n) is 8.98. The second kappa shape index (κ2) is 10.9. The molecular weight excluding hydrogens is 464 g/mol. The molecule has 0 saturated carbocycles. The van der Waals surface area contributed by atoms with E-state index in [0.717, 1.165) is 16.3 Å². The molecule has 6 heteroatoms. The Kier molecular flexibility index (Phi) is 7.49. The van der Waals surface area contributed by atoms with Crippen molar-refractivity contribution in [2.24, 2.45) is 0 Å².